The molecule has 0 heterocycles. The maximum Gasteiger partial charge on any atom is 0.330 e. The number of benzene rings is 1. The van der Waals surface area contributed by atoms with Crippen molar-refractivity contribution in [1.82, 2.24) is 0 Å². The lowest BCUT2D eigenvalue weighted by Gasteiger charge is -2.31. The van der Waals surface area contributed by atoms with Crippen molar-refractivity contribution in [3.8, 4) is 5.75 Å². The molecule has 252 valence electrons. The first kappa shape index (κ1) is 39.6. The molecule has 9 heteroatoms. The van der Waals surface area contributed by atoms with Crippen LogP contribution in [0.3, 0.4) is 0 Å². The number of ether oxygens (including phenoxy) is 4. The smallest absolute Gasteiger partial charge is 0.330 e. The Morgan fingerprint density at radius 1 is 0.978 bits per heavy atom. The number of aliphatic hydroxyl groups excluding tert-OH is 1. The second kappa shape index (κ2) is 20.6. The lowest BCUT2D eigenvalue weighted by Crippen LogP contribution is -2.39. The van der Waals surface area contributed by atoms with Gasteiger partial charge in [0.15, 0.2) is 6.10 Å². The lowest BCUT2D eigenvalue weighted by atomic mass is 9.73. The highest BCUT2D eigenvalue weighted by molar-refractivity contribution is 5.82. The zero-order valence-electron chi connectivity index (χ0n) is 28.2. The van der Waals surface area contributed by atoms with E-state index in [2.05, 4.69) is 53.3 Å². The predicted molar refractivity (Wildman–Crippen MR) is 175 cm³/mol. The molecule has 4 unspecified atom stereocenters. The Kier molecular flexibility index (Phi) is 18.1. The fourth-order valence-corrected chi connectivity index (χ4v) is 4.87. The first-order valence-corrected chi connectivity index (χ1v) is 16.0. The number of hydrogen-bond donors (Lipinski definition) is 2. The zero-order valence-corrected chi connectivity index (χ0v) is 28.2. The minimum Gasteiger partial charge on any atom is -0.491 e. The van der Waals surface area contributed by atoms with Crippen LogP contribution in [0, 0.1) is 11.8 Å². The summed E-state index contributed by atoms with van der Waals surface area (Å²) in [5.74, 6) is -3.40. The Balaban J connectivity index is 0.00000191. The molecule has 2 N–H and O–H groups in total. The van der Waals surface area contributed by atoms with Crippen molar-refractivity contribution < 1.29 is 43.5 Å². The molecule has 4 atom stereocenters. The minimum absolute atomic E-state index is 0.0309. The number of hydrogen-bond acceptors (Lipinski definition) is 8. The van der Waals surface area contributed by atoms with E-state index in [9.17, 15) is 24.6 Å². The molecule has 1 fully saturated rings. The molecule has 0 radical (unpaired) electrons. The average Bonchev–Trinajstić information content (AvgIpc) is 3.03. The van der Waals surface area contributed by atoms with Gasteiger partial charge in [-0.2, -0.15) is 0 Å². The fraction of sp³-hybridized carbons (Fsp3) is 0.583. The van der Waals surface area contributed by atoms with Gasteiger partial charge in [-0.05, 0) is 43.0 Å². The molecule has 0 amide bonds. The van der Waals surface area contributed by atoms with Crippen LogP contribution in [-0.2, 0) is 34.0 Å². The number of carbonyl (C=O) groups excluding carboxylic acids is 2. The number of aliphatic carboxylic acids is 1. The molecule has 9 nitrogen and oxygen atoms in total. The van der Waals surface area contributed by atoms with Gasteiger partial charge in [0.25, 0.3) is 0 Å². The maximum atomic E-state index is 12.9. The predicted octanol–water partition coefficient (Wildman–Crippen LogP) is 6.58. The number of rotatable bonds is 15. The van der Waals surface area contributed by atoms with E-state index in [1.54, 1.807) is 0 Å². The summed E-state index contributed by atoms with van der Waals surface area (Å²) in [6.45, 7) is 17.2. The third-order valence-electron chi connectivity index (χ3n) is 7.47. The minimum atomic E-state index is -1.03. The number of carboxylic acids is 1. The van der Waals surface area contributed by atoms with Crippen LogP contribution in [0.15, 0.2) is 60.2 Å². The van der Waals surface area contributed by atoms with Crippen LogP contribution >= 0.6 is 0 Å². The second-order valence-corrected chi connectivity index (χ2v) is 11.5. The van der Waals surface area contributed by atoms with Crippen LogP contribution in [0.25, 0.3) is 0 Å². The first-order valence-electron chi connectivity index (χ1n) is 16.0. The van der Waals surface area contributed by atoms with Gasteiger partial charge in [0, 0.05) is 11.5 Å². The van der Waals surface area contributed by atoms with Crippen molar-refractivity contribution in [1.29, 1.82) is 0 Å². The summed E-state index contributed by atoms with van der Waals surface area (Å²) < 4.78 is 22.2. The topological polar surface area (TPSA) is 129 Å². The molecular weight excluding hydrogens is 576 g/mol. The van der Waals surface area contributed by atoms with E-state index in [1.165, 1.54) is 17.6 Å². The largest absolute Gasteiger partial charge is 0.491 e. The summed E-state index contributed by atoms with van der Waals surface area (Å²) in [5.41, 5.74) is 3.54. The molecule has 2 aliphatic carbocycles. The molecule has 3 rings (SSSR count). The van der Waals surface area contributed by atoms with Crippen molar-refractivity contribution in [2.75, 3.05) is 26.4 Å². The Hall–Kier alpha value is -3.43. The molecule has 0 aromatic heterocycles. The number of carboxylic acid groups (broad SMARTS) is 1. The summed E-state index contributed by atoms with van der Waals surface area (Å²) in [6, 6.07) is 7.74. The van der Waals surface area contributed by atoms with Crippen LogP contribution in [0.2, 0.25) is 0 Å². The first-order chi connectivity index (χ1) is 21.5. The normalized spacial score (nSPS) is 18.5. The lowest BCUT2D eigenvalue weighted by molar-refractivity contribution is -0.172. The van der Waals surface area contributed by atoms with Crippen molar-refractivity contribution in [3.05, 3.63) is 65.8 Å². The van der Waals surface area contributed by atoms with Gasteiger partial charge in [-0.15, -0.1) is 0 Å². The Bertz CT molecular complexity index is 1130. The van der Waals surface area contributed by atoms with Crippen molar-refractivity contribution in [3.63, 3.8) is 0 Å². The van der Waals surface area contributed by atoms with Gasteiger partial charge in [-0.1, -0.05) is 97.2 Å². The Morgan fingerprint density at radius 2 is 1.56 bits per heavy atom. The highest BCUT2D eigenvalue weighted by Crippen LogP contribution is 2.38. The Labute approximate surface area is 269 Å². The van der Waals surface area contributed by atoms with Gasteiger partial charge in [-0.25, -0.2) is 4.79 Å². The zero-order chi connectivity index (χ0) is 34.0. The van der Waals surface area contributed by atoms with Crippen molar-refractivity contribution in [2.24, 2.45) is 11.8 Å². The summed E-state index contributed by atoms with van der Waals surface area (Å²) in [5, 5.41) is 19.3. The van der Waals surface area contributed by atoms with Crippen LogP contribution in [-0.4, -0.2) is 66.8 Å². The van der Waals surface area contributed by atoms with E-state index in [4.69, 9.17) is 18.9 Å². The SMILES string of the molecule is C=CC(=O)OCC(COC(CO)COc1ccc(C(C)(C)C2=CC(C)=C2)cc1)OC(=O)C1CCCCC1C(=O)O.CC.CCC. The molecule has 0 aliphatic heterocycles. The van der Waals surface area contributed by atoms with Gasteiger partial charge in [-0.3, -0.25) is 9.59 Å². The second-order valence-electron chi connectivity index (χ2n) is 11.5. The highest BCUT2D eigenvalue weighted by atomic mass is 16.6. The number of allylic oxidation sites excluding steroid dienone is 4. The van der Waals surface area contributed by atoms with E-state index < -0.39 is 42.0 Å². The van der Waals surface area contributed by atoms with E-state index in [0.29, 0.717) is 18.6 Å². The quantitative estimate of drug-likeness (QED) is 0.163. The molecule has 0 bridgehead atoms. The molecule has 1 saturated carbocycles. The number of esters is 2. The summed E-state index contributed by atoms with van der Waals surface area (Å²) in [4.78, 5) is 36.1. The highest BCUT2D eigenvalue weighted by Gasteiger charge is 2.38. The van der Waals surface area contributed by atoms with Gasteiger partial charge >= 0.3 is 17.9 Å². The molecule has 1 aromatic carbocycles. The number of carbonyl (C=O) groups is 3. The van der Waals surface area contributed by atoms with Gasteiger partial charge in [0.05, 0.1) is 25.0 Å². The third kappa shape index (κ3) is 12.8. The number of aliphatic hydroxyl groups is 1. The fourth-order valence-electron chi connectivity index (χ4n) is 4.87. The summed E-state index contributed by atoms with van der Waals surface area (Å²) in [7, 11) is 0. The van der Waals surface area contributed by atoms with Crippen LogP contribution in [0.5, 0.6) is 5.75 Å². The molecule has 1 aromatic rings. The molecular formula is C36H54O9. The third-order valence-corrected chi connectivity index (χ3v) is 7.47. The maximum absolute atomic E-state index is 12.9. The van der Waals surface area contributed by atoms with Crippen molar-refractivity contribution in [2.45, 2.75) is 98.2 Å². The van der Waals surface area contributed by atoms with Gasteiger partial charge < -0.3 is 29.2 Å². The van der Waals surface area contributed by atoms with Crippen LogP contribution < -0.4 is 4.74 Å². The Morgan fingerprint density at radius 3 is 2.07 bits per heavy atom. The van der Waals surface area contributed by atoms with E-state index in [-0.39, 0.29) is 31.8 Å². The molecule has 0 spiro atoms. The monoisotopic (exact) mass is 630 g/mol. The van der Waals surface area contributed by atoms with Crippen LogP contribution in [0.4, 0.5) is 0 Å². The standard InChI is InChI=1S/C31H40O9.C3H8.C2H6/c1-5-28(33)39-19-25(40-30(36)27-9-7-6-8-26(27)29(34)35)18-38-24(16-32)17-37-23-12-10-21(11-13-23)31(3,4)22-14-20(2)15-22;1-3-2;1-2/h5,10-15,24-27,32H,1,6-9,16-19H2,2-4H3,(H,34,35);3H2,1-2H3;1-2H3. The van der Waals surface area contributed by atoms with Gasteiger partial charge in [0.2, 0.25) is 0 Å². The van der Waals surface area contributed by atoms with E-state index in [1.807, 2.05) is 38.1 Å². The van der Waals surface area contributed by atoms with Crippen LogP contribution in [0.1, 0.15) is 86.1 Å². The average molecular weight is 631 g/mol. The van der Waals surface area contributed by atoms with E-state index >= 15 is 0 Å². The summed E-state index contributed by atoms with van der Waals surface area (Å²) in [6.07, 6.45) is 7.12. The van der Waals surface area contributed by atoms with Gasteiger partial charge in [0.1, 0.15) is 25.1 Å². The molecule has 0 saturated heterocycles. The molecule has 45 heavy (non-hydrogen) atoms. The summed E-state index contributed by atoms with van der Waals surface area (Å²) >= 11 is 0. The van der Waals surface area contributed by atoms with Crippen molar-refractivity contribution >= 4 is 17.9 Å². The van der Waals surface area contributed by atoms with E-state index in [0.717, 1.165) is 24.5 Å². The molecule has 2 aliphatic rings.